The lowest BCUT2D eigenvalue weighted by Gasteiger charge is -2.43. The molecule has 0 radical (unpaired) electrons. The number of carbonyl (C=O) groups is 2. The van der Waals surface area contributed by atoms with Crippen molar-refractivity contribution in [3.63, 3.8) is 0 Å². The molecular formula is C28H35NO6Si. The van der Waals surface area contributed by atoms with Crippen molar-refractivity contribution in [2.75, 3.05) is 13.7 Å². The summed E-state index contributed by atoms with van der Waals surface area (Å²) < 4.78 is 23.7. The topological polar surface area (TPSA) is 83.1 Å². The summed E-state index contributed by atoms with van der Waals surface area (Å²) in [6, 6.07) is 19.9. The van der Waals surface area contributed by atoms with E-state index in [-0.39, 0.29) is 17.4 Å². The van der Waals surface area contributed by atoms with Gasteiger partial charge in [-0.05, 0) is 29.3 Å². The number of amides is 1. The molecule has 1 fully saturated rings. The Morgan fingerprint density at radius 1 is 1.00 bits per heavy atom. The lowest BCUT2D eigenvalue weighted by Crippen LogP contribution is -2.67. The highest BCUT2D eigenvalue weighted by Gasteiger charge is 2.54. The van der Waals surface area contributed by atoms with E-state index in [4.69, 9.17) is 18.6 Å². The van der Waals surface area contributed by atoms with Gasteiger partial charge in [-0.1, -0.05) is 87.5 Å². The highest BCUT2D eigenvalue weighted by Crippen LogP contribution is 2.39. The van der Waals surface area contributed by atoms with E-state index in [1.54, 1.807) is 19.9 Å². The van der Waals surface area contributed by atoms with Crippen molar-refractivity contribution in [2.24, 2.45) is 0 Å². The fourth-order valence-electron chi connectivity index (χ4n) is 5.22. The van der Waals surface area contributed by atoms with Crippen LogP contribution in [0.1, 0.15) is 34.6 Å². The van der Waals surface area contributed by atoms with Crippen LogP contribution in [-0.4, -0.2) is 57.9 Å². The van der Waals surface area contributed by atoms with Gasteiger partial charge in [-0.25, -0.2) is 4.79 Å². The Bertz CT molecular complexity index is 1090. The molecule has 7 nitrogen and oxygen atoms in total. The van der Waals surface area contributed by atoms with E-state index in [1.165, 1.54) is 7.11 Å². The number of alkyl carbamates (subject to hydrolysis) is 1. The molecule has 2 aromatic carbocycles. The number of rotatable bonds is 6. The van der Waals surface area contributed by atoms with Gasteiger partial charge in [-0.15, -0.1) is 0 Å². The number of hydrogen-bond acceptors (Lipinski definition) is 6. The van der Waals surface area contributed by atoms with E-state index in [0.29, 0.717) is 5.57 Å². The summed E-state index contributed by atoms with van der Waals surface area (Å²) in [6.45, 7) is 10.1. The van der Waals surface area contributed by atoms with Crippen LogP contribution in [0.15, 0.2) is 72.3 Å². The molecule has 1 saturated heterocycles. The van der Waals surface area contributed by atoms with Crippen molar-refractivity contribution >= 4 is 30.6 Å². The van der Waals surface area contributed by atoms with E-state index >= 15 is 0 Å². The van der Waals surface area contributed by atoms with Crippen molar-refractivity contribution < 1.29 is 28.2 Å². The van der Waals surface area contributed by atoms with Gasteiger partial charge in [0.05, 0.1) is 19.8 Å². The van der Waals surface area contributed by atoms with Crippen molar-refractivity contribution in [1.82, 2.24) is 5.32 Å². The van der Waals surface area contributed by atoms with Gasteiger partial charge in [-0.2, -0.15) is 0 Å². The predicted molar refractivity (Wildman–Crippen MR) is 140 cm³/mol. The summed E-state index contributed by atoms with van der Waals surface area (Å²) in [5.74, 6) is -1.14. The highest BCUT2D eigenvalue weighted by atomic mass is 28.4. The minimum atomic E-state index is -2.86. The van der Waals surface area contributed by atoms with Gasteiger partial charge in [0, 0.05) is 5.57 Å². The summed E-state index contributed by atoms with van der Waals surface area (Å²) >= 11 is 0. The first-order valence-corrected chi connectivity index (χ1v) is 14.1. The summed E-state index contributed by atoms with van der Waals surface area (Å²) in [7, 11) is -1.56. The van der Waals surface area contributed by atoms with Crippen LogP contribution in [0.3, 0.4) is 0 Å². The lowest BCUT2D eigenvalue weighted by atomic mass is 9.90. The number of ether oxygens (including phenoxy) is 3. The molecule has 3 atom stereocenters. The Morgan fingerprint density at radius 2 is 1.56 bits per heavy atom. The van der Waals surface area contributed by atoms with Crippen molar-refractivity contribution in [1.29, 1.82) is 0 Å². The van der Waals surface area contributed by atoms with Gasteiger partial charge >= 0.3 is 6.09 Å². The number of benzene rings is 2. The van der Waals surface area contributed by atoms with Gasteiger partial charge in [0.2, 0.25) is 0 Å². The van der Waals surface area contributed by atoms with E-state index in [2.05, 4.69) is 50.4 Å². The lowest BCUT2D eigenvalue weighted by molar-refractivity contribution is -0.153. The van der Waals surface area contributed by atoms with Gasteiger partial charge in [-0.3, -0.25) is 4.79 Å². The number of carbonyl (C=O) groups excluding carboxylic acids is 2. The molecule has 0 aromatic heterocycles. The van der Waals surface area contributed by atoms with Crippen LogP contribution in [0.2, 0.25) is 5.04 Å². The number of fused-ring (bicyclic) bond motifs is 1. The summed E-state index contributed by atoms with van der Waals surface area (Å²) in [4.78, 5) is 25.6. The van der Waals surface area contributed by atoms with Crippen LogP contribution in [0, 0.1) is 0 Å². The second-order valence-corrected chi connectivity index (χ2v) is 15.0. The smallest absolute Gasteiger partial charge is 0.407 e. The zero-order valence-corrected chi connectivity index (χ0v) is 22.7. The molecule has 2 aliphatic rings. The molecule has 1 N–H and O–H groups in total. The van der Waals surface area contributed by atoms with Gasteiger partial charge in [0.15, 0.2) is 17.7 Å². The maximum Gasteiger partial charge on any atom is 0.407 e. The van der Waals surface area contributed by atoms with Crippen LogP contribution in [0.4, 0.5) is 4.79 Å². The molecule has 1 amide bonds. The number of Topliss-reactive ketones (excluding diaryl/α,β-unsaturated/α-hetero) is 1. The third kappa shape index (κ3) is 4.91. The number of ketones is 1. The van der Waals surface area contributed by atoms with Crippen molar-refractivity contribution in [2.45, 2.75) is 63.7 Å². The summed E-state index contributed by atoms with van der Waals surface area (Å²) in [5.41, 5.74) is 0.451. The second-order valence-electron chi connectivity index (χ2n) is 10.7. The largest absolute Gasteiger partial charge is 0.453 e. The zero-order chi connectivity index (χ0) is 26.1. The summed E-state index contributed by atoms with van der Waals surface area (Å²) in [5, 5.41) is 4.78. The average molecular weight is 510 g/mol. The quantitative estimate of drug-likeness (QED) is 0.602. The summed E-state index contributed by atoms with van der Waals surface area (Å²) in [6.07, 6.45) is -0.374. The highest BCUT2D eigenvalue weighted by molar-refractivity contribution is 6.99. The first-order valence-electron chi connectivity index (χ1n) is 12.2. The average Bonchev–Trinajstić information content (AvgIpc) is 3.18. The first kappa shape index (κ1) is 26.3. The maximum absolute atomic E-state index is 13.6. The SMILES string of the molecule is COC(=O)N[C@@H]1C=C(CO[Si](c2ccccc2)(c2ccccc2)C(C)(C)C)C(=O)[C@H]2OC(C)(C)O[C@H]21. The Morgan fingerprint density at radius 3 is 2.06 bits per heavy atom. The number of methoxy groups -OCH3 is 1. The Kier molecular flexibility index (Phi) is 7.25. The molecule has 2 aromatic rings. The predicted octanol–water partition coefficient (Wildman–Crippen LogP) is 3.32. The third-order valence-electron chi connectivity index (χ3n) is 6.77. The molecule has 0 bridgehead atoms. The minimum absolute atomic E-state index is 0.0818. The molecule has 0 saturated carbocycles. The molecule has 0 spiro atoms. The van der Waals surface area contributed by atoms with Gasteiger partial charge in [0.25, 0.3) is 8.32 Å². The fraction of sp³-hybridized carbons (Fsp3) is 0.429. The monoisotopic (exact) mass is 509 g/mol. The van der Waals surface area contributed by atoms with Crippen molar-refractivity contribution in [3.05, 3.63) is 72.3 Å². The molecule has 4 rings (SSSR count). The second kappa shape index (κ2) is 9.93. The van der Waals surface area contributed by atoms with Crippen LogP contribution < -0.4 is 15.7 Å². The standard InChI is InChI=1S/C28H35NO6Si/c1-27(2,3)36(20-13-9-7-10-14-20,21-15-11-8-12-16-21)33-18-19-17-22(29-26(31)32-6)24-25(23(19)30)35-28(4,5)34-24/h7-17,22,24-25H,18H2,1-6H3,(H,29,31)/t22-,24+,25-/m1/s1. The van der Waals surface area contributed by atoms with Crippen molar-refractivity contribution in [3.8, 4) is 0 Å². The molecule has 0 unspecified atom stereocenters. The minimum Gasteiger partial charge on any atom is -0.453 e. The zero-order valence-electron chi connectivity index (χ0n) is 21.7. The third-order valence-corrected chi connectivity index (χ3v) is 11.8. The van der Waals surface area contributed by atoms with E-state index in [0.717, 1.165) is 10.4 Å². The van der Waals surface area contributed by atoms with Crippen LogP contribution in [0.25, 0.3) is 0 Å². The molecule has 36 heavy (non-hydrogen) atoms. The van der Waals surface area contributed by atoms with E-state index in [9.17, 15) is 9.59 Å². The van der Waals surface area contributed by atoms with E-state index in [1.807, 2.05) is 36.4 Å². The molecule has 8 heteroatoms. The molecule has 1 heterocycles. The molecule has 1 aliphatic carbocycles. The van der Waals surface area contributed by atoms with Crippen LogP contribution >= 0.6 is 0 Å². The number of nitrogens with one attached hydrogen (secondary N) is 1. The van der Waals surface area contributed by atoms with Crippen LogP contribution in [0.5, 0.6) is 0 Å². The normalized spacial score (nSPS) is 23.6. The maximum atomic E-state index is 13.6. The molecule has 192 valence electrons. The number of hydrogen-bond donors (Lipinski definition) is 1. The van der Waals surface area contributed by atoms with E-state index < -0.39 is 38.4 Å². The Labute approximate surface area is 213 Å². The molecule has 1 aliphatic heterocycles. The van der Waals surface area contributed by atoms with Gasteiger partial charge in [0.1, 0.15) is 6.10 Å². The first-order chi connectivity index (χ1) is 17.0. The van der Waals surface area contributed by atoms with Gasteiger partial charge < -0.3 is 24.0 Å². The van der Waals surface area contributed by atoms with Crippen LogP contribution in [-0.2, 0) is 23.4 Å². The molecular weight excluding hydrogens is 474 g/mol. The Hall–Kier alpha value is -2.78. The Balaban J connectivity index is 1.74. The fourth-order valence-corrected chi connectivity index (χ4v) is 9.74.